The fraction of sp³-hybridized carbons (Fsp3) is 0.571. The van der Waals surface area contributed by atoms with Crippen LogP contribution in [0.4, 0.5) is 5.69 Å². The second kappa shape index (κ2) is 4.68. The van der Waals surface area contributed by atoms with Crippen molar-refractivity contribution in [3.8, 4) is 0 Å². The van der Waals surface area contributed by atoms with E-state index in [0.717, 1.165) is 13.0 Å². The summed E-state index contributed by atoms with van der Waals surface area (Å²) < 4.78 is 4.47. The molecule has 6 nitrogen and oxygen atoms in total. The molecular weight excluding hydrogens is 172 g/mol. The molecule has 0 fully saturated rings. The second-order valence-corrected chi connectivity index (χ2v) is 2.69. The Morgan fingerprint density at radius 2 is 2.54 bits per heavy atom. The molecule has 0 radical (unpaired) electrons. The third-order valence-corrected chi connectivity index (χ3v) is 1.69. The zero-order chi connectivity index (χ0) is 9.68. The van der Waals surface area contributed by atoms with Gasteiger partial charge in [0, 0.05) is 6.54 Å². The molecule has 0 aliphatic heterocycles. The molecule has 0 saturated carbocycles. The van der Waals surface area contributed by atoms with E-state index in [0.29, 0.717) is 12.2 Å². The summed E-state index contributed by atoms with van der Waals surface area (Å²) in [6.07, 6.45) is 2.32. The monoisotopic (exact) mass is 186 g/mol. The third kappa shape index (κ3) is 2.60. The number of rotatable bonds is 5. The third-order valence-electron chi connectivity index (χ3n) is 1.69. The van der Waals surface area contributed by atoms with Crippen LogP contribution in [0.1, 0.15) is 6.42 Å². The van der Waals surface area contributed by atoms with E-state index in [-0.39, 0.29) is 0 Å². The number of nitrogens with two attached hydrogens (primary N) is 1. The molecule has 0 unspecified atom stereocenters. The van der Waals surface area contributed by atoms with Crippen LogP contribution in [-0.4, -0.2) is 25.3 Å². The second-order valence-electron chi connectivity index (χ2n) is 2.69. The van der Waals surface area contributed by atoms with Crippen LogP contribution in [0.25, 0.3) is 0 Å². The van der Waals surface area contributed by atoms with Crippen molar-refractivity contribution in [2.45, 2.75) is 6.42 Å². The van der Waals surface area contributed by atoms with Gasteiger partial charge in [-0.1, -0.05) is 0 Å². The van der Waals surface area contributed by atoms with Crippen LogP contribution < -0.4 is 21.8 Å². The molecule has 0 amide bonds. The minimum Gasteiger partial charge on any atom is -0.337 e. The molecule has 13 heavy (non-hydrogen) atoms. The number of anilines is 1. The lowest BCUT2D eigenvalue weighted by molar-refractivity contribution is 0.391. The minimum atomic E-state index is -0.438. The van der Waals surface area contributed by atoms with Gasteiger partial charge in [0.25, 0.3) is 0 Å². The van der Waals surface area contributed by atoms with Crippen LogP contribution in [0.5, 0.6) is 0 Å². The first-order valence-corrected chi connectivity index (χ1v) is 4.09. The first-order valence-electron chi connectivity index (χ1n) is 4.09. The molecule has 0 aliphatic rings. The quantitative estimate of drug-likeness (QED) is 0.320. The first-order chi connectivity index (χ1) is 6.25. The predicted octanol–water partition coefficient (Wildman–Crippen LogP) is -0.742. The number of H-pyrrole nitrogens is 1. The van der Waals surface area contributed by atoms with Crippen molar-refractivity contribution in [3.05, 3.63) is 16.6 Å². The smallest absolute Gasteiger partial charge is 0.337 e. The van der Waals surface area contributed by atoms with E-state index in [2.05, 4.69) is 15.0 Å². The Hall–Kier alpha value is -1.27. The molecule has 0 saturated heterocycles. The summed E-state index contributed by atoms with van der Waals surface area (Å²) in [7, 11) is 1.87. The minimum absolute atomic E-state index is 0.358. The maximum absolute atomic E-state index is 11.0. The Balaban J connectivity index is 2.44. The van der Waals surface area contributed by atoms with Gasteiger partial charge in [-0.3, -0.25) is 0 Å². The molecule has 74 valence electrons. The average Bonchev–Trinajstić information content (AvgIpc) is 2.52. The van der Waals surface area contributed by atoms with Gasteiger partial charge in [0.05, 0.1) is 6.20 Å². The van der Waals surface area contributed by atoms with E-state index >= 15 is 0 Å². The fourth-order valence-electron chi connectivity index (χ4n) is 0.997. The molecular formula is C7H14N4O2. The van der Waals surface area contributed by atoms with Gasteiger partial charge in [-0.2, -0.15) is 0 Å². The van der Waals surface area contributed by atoms with Crippen LogP contribution >= 0.6 is 0 Å². The maximum Gasteiger partial charge on any atom is 0.381 e. The first kappa shape index (κ1) is 9.82. The zero-order valence-electron chi connectivity index (χ0n) is 7.54. The van der Waals surface area contributed by atoms with Crippen LogP contribution in [0.15, 0.2) is 15.5 Å². The number of nitrogens with one attached hydrogen (secondary N) is 2. The standard InChI is InChI=1S/C7H14N4O2/c1-9-3-2-4-11(8)6-5-10-13-7(6)12/h5,9-10H,2-4,8H2,1H3. The Labute approximate surface area is 75.6 Å². The van der Waals surface area contributed by atoms with Gasteiger partial charge in [0.2, 0.25) is 0 Å². The number of hydrogen-bond acceptors (Lipinski definition) is 5. The lowest BCUT2D eigenvalue weighted by Gasteiger charge is -2.14. The summed E-state index contributed by atoms with van der Waals surface area (Å²) in [6.45, 7) is 1.48. The van der Waals surface area contributed by atoms with Crippen LogP contribution in [0.2, 0.25) is 0 Å². The van der Waals surface area contributed by atoms with Gasteiger partial charge >= 0.3 is 5.63 Å². The van der Waals surface area contributed by atoms with E-state index in [1.807, 2.05) is 7.05 Å². The largest absolute Gasteiger partial charge is 0.381 e. The fourth-order valence-corrected chi connectivity index (χ4v) is 0.997. The Kier molecular flexibility index (Phi) is 3.53. The van der Waals surface area contributed by atoms with Crippen LogP contribution in [0.3, 0.4) is 0 Å². The molecule has 1 aromatic heterocycles. The van der Waals surface area contributed by atoms with Crippen molar-refractivity contribution in [2.24, 2.45) is 5.84 Å². The Bertz CT molecular complexity index is 293. The molecule has 0 bridgehead atoms. The van der Waals surface area contributed by atoms with E-state index in [4.69, 9.17) is 5.84 Å². The molecule has 0 spiro atoms. The molecule has 0 aliphatic carbocycles. The van der Waals surface area contributed by atoms with Crippen molar-refractivity contribution in [1.82, 2.24) is 10.5 Å². The van der Waals surface area contributed by atoms with E-state index in [1.54, 1.807) is 0 Å². The topological polar surface area (TPSA) is 87.3 Å². The normalized spacial score (nSPS) is 10.3. The molecule has 0 aromatic carbocycles. The summed E-state index contributed by atoms with van der Waals surface area (Å²) in [5, 5.41) is 6.71. The predicted molar refractivity (Wildman–Crippen MR) is 49.4 cm³/mol. The van der Waals surface area contributed by atoms with Gasteiger partial charge < -0.3 is 14.8 Å². The summed E-state index contributed by atoms with van der Waals surface area (Å²) in [5.74, 6) is 5.61. The summed E-state index contributed by atoms with van der Waals surface area (Å²) in [6, 6.07) is 0. The molecule has 4 N–H and O–H groups in total. The van der Waals surface area contributed by atoms with Crippen molar-refractivity contribution >= 4 is 5.69 Å². The van der Waals surface area contributed by atoms with E-state index in [9.17, 15) is 4.79 Å². The van der Waals surface area contributed by atoms with Crippen molar-refractivity contribution in [1.29, 1.82) is 0 Å². The van der Waals surface area contributed by atoms with Crippen molar-refractivity contribution in [2.75, 3.05) is 25.1 Å². The highest BCUT2D eigenvalue weighted by atomic mass is 16.5. The number of aromatic nitrogens is 1. The van der Waals surface area contributed by atoms with E-state index in [1.165, 1.54) is 11.2 Å². The number of aromatic amines is 1. The van der Waals surface area contributed by atoms with Gasteiger partial charge in [-0.05, 0) is 20.0 Å². The molecule has 1 heterocycles. The Morgan fingerprint density at radius 3 is 3.08 bits per heavy atom. The number of nitrogens with zero attached hydrogens (tertiary/aromatic N) is 1. The van der Waals surface area contributed by atoms with Crippen LogP contribution in [-0.2, 0) is 0 Å². The molecule has 1 rings (SSSR count). The van der Waals surface area contributed by atoms with Gasteiger partial charge in [-0.25, -0.2) is 15.8 Å². The van der Waals surface area contributed by atoms with Crippen LogP contribution in [0, 0.1) is 0 Å². The van der Waals surface area contributed by atoms with Crippen molar-refractivity contribution in [3.63, 3.8) is 0 Å². The lowest BCUT2D eigenvalue weighted by Crippen LogP contribution is -2.35. The summed E-state index contributed by atoms with van der Waals surface area (Å²) in [4.78, 5) is 11.0. The van der Waals surface area contributed by atoms with Gasteiger partial charge in [-0.15, -0.1) is 0 Å². The maximum atomic E-state index is 11.0. The Morgan fingerprint density at radius 1 is 1.77 bits per heavy atom. The SMILES string of the molecule is CNCCCN(N)c1c[nH]oc1=O. The highest BCUT2D eigenvalue weighted by Gasteiger charge is 2.07. The zero-order valence-corrected chi connectivity index (χ0v) is 7.54. The van der Waals surface area contributed by atoms with Gasteiger partial charge in [0.15, 0.2) is 5.69 Å². The van der Waals surface area contributed by atoms with E-state index < -0.39 is 5.63 Å². The molecule has 0 atom stereocenters. The lowest BCUT2D eigenvalue weighted by atomic mass is 10.4. The summed E-state index contributed by atoms with van der Waals surface area (Å²) in [5.41, 5.74) is -0.0805. The molecule has 6 heteroatoms. The highest BCUT2D eigenvalue weighted by Crippen LogP contribution is 2.00. The number of hydrogen-bond donors (Lipinski definition) is 3. The summed E-state index contributed by atoms with van der Waals surface area (Å²) >= 11 is 0. The van der Waals surface area contributed by atoms with Gasteiger partial charge in [0.1, 0.15) is 0 Å². The molecule has 1 aromatic rings. The number of hydrazine groups is 1. The van der Waals surface area contributed by atoms with Crippen molar-refractivity contribution < 1.29 is 4.52 Å². The highest BCUT2D eigenvalue weighted by molar-refractivity contribution is 5.38. The average molecular weight is 186 g/mol.